The molecule has 1 aliphatic rings. The zero-order valence-electron chi connectivity index (χ0n) is 10.6. The molecule has 0 saturated carbocycles. The van der Waals surface area contributed by atoms with E-state index in [0.717, 1.165) is 0 Å². The molecule has 2 rings (SSSR count). The van der Waals surface area contributed by atoms with Gasteiger partial charge in [0, 0.05) is 39.9 Å². The van der Waals surface area contributed by atoms with Crippen LogP contribution in [0.25, 0.3) is 0 Å². The van der Waals surface area contributed by atoms with E-state index in [1.54, 1.807) is 37.3 Å². The van der Waals surface area contributed by atoms with Crippen LogP contribution in [0.3, 0.4) is 0 Å². The van der Waals surface area contributed by atoms with Gasteiger partial charge in [-0.25, -0.2) is 0 Å². The van der Waals surface area contributed by atoms with Gasteiger partial charge in [-0.05, 0) is 12.1 Å². The van der Waals surface area contributed by atoms with E-state index < -0.39 is 6.04 Å². The first-order valence-corrected chi connectivity index (χ1v) is 5.97. The molecule has 2 amide bonds. The maximum Gasteiger partial charge on any atom is 0.271 e. The minimum atomic E-state index is -0.426. The summed E-state index contributed by atoms with van der Waals surface area (Å²) in [4.78, 5) is 30.4. The molecule has 1 aliphatic heterocycles. The Morgan fingerprint density at radius 2 is 2.22 bits per heavy atom. The number of piperazine rings is 1. The fourth-order valence-corrected chi connectivity index (χ4v) is 2.08. The van der Waals surface area contributed by atoms with Crippen LogP contribution >= 0.6 is 0 Å². The summed E-state index contributed by atoms with van der Waals surface area (Å²) >= 11 is 0. The average molecular weight is 250 g/mol. The maximum atomic E-state index is 12.3. The van der Waals surface area contributed by atoms with Crippen molar-refractivity contribution in [3.8, 4) is 0 Å². The van der Waals surface area contributed by atoms with E-state index in [9.17, 15) is 9.59 Å². The molecule has 2 heterocycles. The molecule has 0 bridgehead atoms. The summed E-state index contributed by atoms with van der Waals surface area (Å²) < 4.78 is 0. The average Bonchev–Trinajstić information content (AvgIpc) is 2.90. The minimum absolute atomic E-state index is 0.0536. The number of rotatable bonds is 2. The van der Waals surface area contributed by atoms with E-state index in [1.165, 1.54) is 4.90 Å². The van der Waals surface area contributed by atoms with Gasteiger partial charge in [0.15, 0.2) is 0 Å². The highest BCUT2D eigenvalue weighted by molar-refractivity contribution is 5.96. The van der Waals surface area contributed by atoms with E-state index in [-0.39, 0.29) is 11.8 Å². The molecular formula is C12H18N4O2. The van der Waals surface area contributed by atoms with Crippen molar-refractivity contribution >= 4 is 11.8 Å². The second kappa shape index (κ2) is 5.22. The summed E-state index contributed by atoms with van der Waals surface area (Å²) in [5.74, 6) is -0.177. The topological polar surface area (TPSA) is 68.4 Å². The van der Waals surface area contributed by atoms with Gasteiger partial charge < -0.3 is 20.1 Å². The molecule has 1 aromatic rings. The number of carbonyl (C=O) groups is 2. The summed E-state index contributed by atoms with van der Waals surface area (Å²) in [7, 11) is 3.41. The minimum Gasteiger partial charge on any atom is -0.357 e. The van der Waals surface area contributed by atoms with Crippen LogP contribution in [-0.4, -0.2) is 66.4 Å². The smallest absolute Gasteiger partial charge is 0.271 e. The molecule has 1 fully saturated rings. The number of hydrogen-bond acceptors (Lipinski definition) is 3. The number of amides is 2. The molecular weight excluding hydrogens is 232 g/mol. The van der Waals surface area contributed by atoms with Crippen LogP contribution in [0.4, 0.5) is 0 Å². The lowest BCUT2D eigenvalue weighted by atomic mass is 10.1. The molecule has 98 valence electrons. The molecule has 0 spiro atoms. The van der Waals surface area contributed by atoms with Crippen LogP contribution in [0, 0.1) is 0 Å². The number of aromatic amines is 1. The molecule has 1 aromatic heterocycles. The SMILES string of the molecule is CN(C)C(=O)C1CNCCN1C(=O)c1ccc[nH]1. The summed E-state index contributed by atoms with van der Waals surface area (Å²) in [6, 6.07) is 3.07. The van der Waals surface area contributed by atoms with Gasteiger partial charge in [0.25, 0.3) is 5.91 Å². The fourth-order valence-electron chi connectivity index (χ4n) is 2.08. The summed E-state index contributed by atoms with van der Waals surface area (Å²) in [5, 5.41) is 3.15. The molecule has 0 aromatic carbocycles. The van der Waals surface area contributed by atoms with Crippen molar-refractivity contribution in [1.82, 2.24) is 20.1 Å². The quantitative estimate of drug-likeness (QED) is 0.744. The Balaban J connectivity index is 2.18. The van der Waals surface area contributed by atoms with Gasteiger partial charge in [0.2, 0.25) is 5.91 Å². The predicted octanol–water partition coefficient (Wildman–Crippen LogP) is -0.483. The number of aromatic nitrogens is 1. The van der Waals surface area contributed by atoms with Crippen LogP contribution in [-0.2, 0) is 4.79 Å². The summed E-state index contributed by atoms with van der Waals surface area (Å²) in [6.07, 6.45) is 1.71. The molecule has 0 aliphatic carbocycles. The van der Waals surface area contributed by atoms with E-state index >= 15 is 0 Å². The Kier molecular flexibility index (Phi) is 3.66. The third kappa shape index (κ3) is 2.38. The second-order valence-electron chi connectivity index (χ2n) is 4.53. The Bertz CT molecular complexity index is 427. The Morgan fingerprint density at radius 3 is 2.83 bits per heavy atom. The van der Waals surface area contributed by atoms with Gasteiger partial charge in [-0.2, -0.15) is 0 Å². The van der Waals surface area contributed by atoms with E-state index in [1.807, 2.05) is 0 Å². The third-order valence-electron chi connectivity index (χ3n) is 3.06. The molecule has 6 nitrogen and oxygen atoms in total. The summed E-state index contributed by atoms with van der Waals surface area (Å²) in [5.41, 5.74) is 0.522. The lowest BCUT2D eigenvalue weighted by molar-refractivity contribution is -0.134. The highest BCUT2D eigenvalue weighted by Crippen LogP contribution is 2.10. The first-order valence-electron chi connectivity index (χ1n) is 5.97. The van der Waals surface area contributed by atoms with Crippen LogP contribution in [0.2, 0.25) is 0 Å². The van der Waals surface area contributed by atoms with Crippen LogP contribution in [0.5, 0.6) is 0 Å². The Morgan fingerprint density at radius 1 is 1.44 bits per heavy atom. The van der Waals surface area contributed by atoms with Gasteiger partial charge >= 0.3 is 0 Å². The lowest BCUT2D eigenvalue weighted by Crippen LogP contribution is -2.59. The predicted molar refractivity (Wildman–Crippen MR) is 67.2 cm³/mol. The van der Waals surface area contributed by atoms with Gasteiger partial charge in [0.05, 0.1) is 0 Å². The van der Waals surface area contributed by atoms with Crippen LogP contribution in [0.1, 0.15) is 10.5 Å². The van der Waals surface area contributed by atoms with Crippen molar-refractivity contribution < 1.29 is 9.59 Å². The standard InChI is InChI=1S/C12H18N4O2/c1-15(2)12(18)10-8-13-6-7-16(10)11(17)9-4-3-5-14-9/h3-5,10,13-14H,6-8H2,1-2H3. The summed E-state index contributed by atoms with van der Waals surface area (Å²) in [6.45, 7) is 1.76. The monoisotopic (exact) mass is 250 g/mol. The van der Waals surface area contributed by atoms with Crippen LogP contribution in [0.15, 0.2) is 18.3 Å². The highest BCUT2D eigenvalue weighted by atomic mass is 16.2. The van der Waals surface area contributed by atoms with Gasteiger partial charge in [-0.15, -0.1) is 0 Å². The Labute approximate surface area is 106 Å². The zero-order valence-corrected chi connectivity index (χ0v) is 10.6. The number of likely N-dealkylation sites (N-methyl/N-ethyl adjacent to an activating group) is 1. The van der Waals surface area contributed by atoms with Crippen molar-refractivity contribution in [3.05, 3.63) is 24.0 Å². The zero-order chi connectivity index (χ0) is 13.1. The number of hydrogen-bond donors (Lipinski definition) is 2. The van der Waals surface area contributed by atoms with E-state index in [2.05, 4.69) is 10.3 Å². The van der Waals surface area contributed by atoms with E-state index in [4.69, 9.17) is 0 Å². The number of carbonyl (C=O) groups excluding carboxylic acids is 2. The maximum absolute atomic E-state index is 12.3. The van der Waals surface area contributed by atoms with Crippen LogP contribution < -0.4 is 5.32 Å². The molecule has 1 atom stereocenters. The number of nitrogens with zero attached hydrogens (tertiary/aromatic N) is 2. The molecule has 0 radical (unpaired) electrons. The Hall–Kier alpha value is -1.82. The third-order valence-corrected chi connectivity index (χ3v) is 3.06. The number of H-pyrrole nitrogens is 1. The van der Waals surface area contributed by atoms with Gasteiger partial charge in [0.1, 0.15) is 11.7 Å². The molecule has 1 unspecified atom stereocenters. The van der Waals surface area contributed by atoms with Crippen molar-refractivity contribution in [2.24, 2.45) is 0 Å². The first-order chi connectivity index (χ1) is 8.61. The van der Waals surface area contributed by atoms with Crippen molar-refractivity contribution in [1.29, 1.82) is 0 Å². The van der Waals surface area contributed by atoms with Gasteiger partial charge in [-0.1, -0.05) is 0 Å². The first kappa shape index (κ1) is 12.6. The molecule has 6 heteroatoms. The van der Waals surface area contributed by atoms with Crippen molar-refractivity contribution in [2.45, 2.75) is 6.04 Å². The highest BCUT2D eigenvalue weighted by Gasteiger charge is 2.33. The normalized spacial score (nSPS) is 19.7. The molecule has 1 saturated heterocycles. The molecule has 2 N–H and O–H groups in total. The largest absolute Gasteiger partial charge is 0.357 e. The van der Waals surface area contributed by atoms with E-state index in [0.29, 0.717) is 25.3 Å². The van der Waals surface area contributed by atoms with Gasteiger partial charge in [-0.3, -0.25) is 9.59 Å². The fraction of sp³-hybridized carbons (Fsp3) is 0.500. The molecule has 18 heavy (non-hydrogen) atoms. The number of nitrogens with one attached hydrogen (secondary N) is 2. The van der Waals surface area contributed by atoms with Crippen molar-refractivity contribution in [2.75, 3.05) is 33.7 Å². The second-order valence-corrected chi connectivity index (χ2v) is 4.53. The lowest BCUT2D eigenvalue weighted by Gasteiger charge is -2.36. The van der Waals surface area contributed by atoms with Crippen molar-refractivity contribution in [3.63, 3.8) is 0 Å².